The van der Waals surface area contributed by atoms with E-state index in [0.29, 0.717) is 13.0 Å². The number of ether oxygens (including phenoxy) is 1. The summed E-state index contributed by atoms with van der Waals surface area (Å²) in [6.45, 7) is 4.92. The predicted molar refractivity (Wildman–Crippen MR) is 87.3 cm³/mol. The van der Waals surface area contributed by atoms with E-state index in [2.05, 4.69) is 23.7 Å². The Morgan fingerprint density at radius 2 is 2.14 bits per heavy atom. The van der Waals surface area contributed by atoms with Crippen LogP contribution in [0.4, 0.5) is 5.82 Å². The minimum atomic E-state index is 0.197. The van der Waals surface area contributed by atoms with Crippen molar-refractivity contribution in [1.82, 2.24) is 4.98 Å². The maximum Gasteiger partial charge on any atom is 0.136 e. The van der Waals surface area contributed by atoms with Crippen molar-refractivity contribution in [1.29, 1.82) is 5.41 Å². The number of anilines is 1. The molecule has 0 aliphatic carbocycles. The number of nitrogens with zero attached hydrogens (tertiary/aromatic N) is 2. The SMILES string of the molecule is COc1ccc2c(N(CCC(=N)N)C(C)C)nccc2c1. The van der Waals surface area contributed by atoms with Gasteiger partial charge >= 0.3 is 0 Å². The fourth-order valence-electron chi connectivity index (χ4n) is 2.35. The first-order chi connectivity index (χ1) is 10.0. The Bertz CT molecular complexity index is 639. The van der Waals surface area contributed by atoms with Crippen molar-refractivity contribution in [3.05, 3.63) is 30.5 Å². The van der Waals surface area contributed by atoms with Gasteiger partial charge in [-0.05, 0) is 43.5 Å². The Balaban J connectivity index is 2.44. The van der Waals surface area contributed by atoms with E-state index in [1.165, 1.54) is 0 Å². The normalized spacial score (nSPS) is 10.9. The number of amidine groups is 1. The number of pyridine rings is 1. The Labute approximate surface area is 125 Å². The number of hydrogen-bond acceptors (Lipinski definition) is 4. The summed E-state index contributed by atoms with van der Waals surface area (Å²) in [4.78, 5) is 6.71. The zero-order valence-electron chi connectivity index (χ0n) is 12.8. The van der Waals surface area contributed by atoms with Crippen LogP contribution in [0.3, 0.4) is 0 Å². The monoisotopic (exact) mass is 286 g/mol. The van der Waals surface area contributed by atoms with Gasteiger partial charge in [-0.1, -0.05) is 0 Å². The van der Waals surface area contributed by atoms with Crippen LogP contribution >= 0.6 is 0 Å². The van der Waals surface area contributed by atoms with Crippen molar-refractivity contribution in [2.75, 3.05) is 18.6 Å². The standard InChI is InChI=1S/C16H22N4O/c1-11(2)20(9-7-15(17)18)16-14-5-4-13(21-3)10-12(14)6-8-19-16/h4-6,8,10-11H,7,9H2,1-3H3,(H3,17,18). The molecular weight excluding hydrogens is 264 g/mol. The summed E-state index contributed by atoms with van der Waals surface area (Å²) in [6.07, 6.45) is 2.34. The zero-order chi connectivity index (χ0) is 15.4. The van der Waals surface area contributed by atoms with Gasteiger partial charge in [0.1, 0.15) is 11.6 Å². The molecule has 0 saturated heterocycles. The van der Waals surface area contributed by atoms with Crippen LogP contribution in [-0.4, -0.2) is 30.5 Å². The molecule has 0 aliphatic heterocycles. The minimum absolute atomic E-state index is 0.197. The van der Waals surface area contributed by atoms with Crippen molar-refractivity contribution in [2.24, 2.45) is 5.73 Å². The van der Waals surface area contributed by atoms with Crippen LogP contribution in [0.1, 0.15) is 20.3 Å². The summed E-state index contributed by atoms with van der Waals surface area (Å²) in [7, 11) is 1.66. The maximum absolute atomic E-state index is 7.42. The molecule has 21 heavy (non-hydrogen) atoms. The topological polar surface area (TPSA) is 75.2 Å². The number of methoxy groups -OCH3 is 1. The highest BCUT2D eigenvalue weighted by molar-refractivity contribution is 5.93. The van der Waals surface area contributed by atoms with E-state index in [1.807, 2.05) is 24.3 Å². The molecule has 2 aromatic rings. The molecule has 3 N–H and O–H groups in total. The quantitative estimate of drug-likeness (QED) is 0.632. The summed E-state index contributed by atoms with van der Waals surface area (Å²) in [6, 6.07) is 8.23. The van der Waals surface area contributed by atoms with Crippen LogP contribution in [0.15, 0.2) is 30.5 Å². The third-order valence-corrected chi connectivity index (χ3v) is 3.47. The van der Waals surface area contributed by atoms with Crippen LogP contribution < -0.4 is 15.4 Å². The van der Waals surface area contributed by atoms with Crippen LogP contribution in [0.2, 0.25) is 0 Å². The Morgan fingerprint density at radius 1 is 1.38 bits per heavy atom. The lowest BCUT2D eigenvalue weighted by Gasteiger charge is -2.28. The van der Waals surface area contributed by atoms with Gasteiger partial charge in [-0.15, -0.1) is 0 Å². The molecule has 112 valence electrons. The first-order valence-corrected chi connectivity index (χ1v) is 7.05. The molecule has 5 nitrogen and oxygen atoms in total. The summed E-state index contributed by atoms with van der Waals surface area (Å²) in [5.41, 5.74) is 5.49. The highest BCUT2D eigenvalue weighted by atomic mass is 16.5. The number of nitrogens with two attached hydrogens (primary N) is 1. The van der Waals surface area contributed by atoms with E-state index in [4.69, 9.17) is 15.9 Å². The number of hydrogen-bond donors (Lipinski definition) is 2. The van der Waals surface area contributed by atoms with Gasteiger partial charge in [0.25, 0.3) is 0 Å². The van der Waals surface area contributed by atoms with E-state index in [0.717, 1.165) is 22.3 Å². The summed E-state index contributed by atoms with van der Waals surface area (Å²) in [5, 5.41) is 9.59. The first kappa shape index (κ1) is 15.1. The van der Waals surface area contributed by atoms with Crippen LogP contribution in [0.5, 0.6) is 5.75 Å². The van der Waals surface area contributed by atoms with E-state index in [1.54, 1.807) is 13.3 Å². The molecular formula is C16H22N4O. The summed E-state index contributed by atoms with van der Waals surface area (Å²) < 4.78 is 5.27. The fourth-order valence-corrected chi connectivity index (χ4v) is 2.35. The van der Waals surface area contributed by atoms with Gasteiger partial charge in [-0.25, -0.2) is 4.98 Å². The van der Waals surface area contributed by atoms with Crippen molar-refractivity contribution in [3.8, 4) is 5.75 Å². The lowest BCUT2D eigenvalue weighted by Crippen LogP contribution is -2.34. The van der Waals surface area contributed by atoms with Gasteiger partial charge in [0.2, 0.25) is 0 Å². The van der Waals surface area contributed by atoms with Gasteiger partial charge in [-0.2, -0.15) is 0 Å². The lowest BCUT2D eigenvalue weighted by molar-refractivity contribution is 0.415. The Morgan fingerprint density at radius 3 is 2.76 bits per heavy atom. The number of rotatable bonds is 6. The van der Waals surface area contributed by atoms with Crippen LogP contribution in [0.25, 0.3) is 10.8 Å². The second-order valence-electron chi connectivity index (χ2n) is 5.28. The molecule has 0 spiro atoms. The van der Waals surface area contributed by atoms with Gasteiger partial charge in [0, 0.05) is 30.6 Å². The molecule has 5 heteroatoms. The molecule has 0 aliphatic rings. The smallest absolute Gasteiger partial charge is 0.136 e. The molecule has 0 bridgehead atoms. The molecule has 0 unspecified atom stereocenters. The molecule has 2 rings (SSSR count). The van der Waals surface area contributed by atoms with E-state index in [9.17, 15) is 0 Å². The first-order valence-electron chi connectivity index (χ1n) is 7.05. The summed E-state index contributed by atoms with van der Waals surface area (Å²) in [5.74, 6) is 1.95. The number of nitrogens with one attached hydrogen (secondary N) is 1. The number of aromatic nitrogens is 1. The number of fused-ring (bicyclic) bond motifs is 1. The molecule has 0 radical (unpaired) electrons. The minimum Gasteiger partial charge on any atom is -0.497 e. The van der Waals surface area contributed by atoms with Gasteiger partial charge in [-0.3, -0.25) is 5.41 Å². The molecule has 0 saturated carbocycles. The number of benzene rings is 1. The van der Waals surface area contributed by atoms with Gasteiger partial charge < -0.3 is 15.4 Å². The molecule has 1 heterocycles. The second-order valence-corrected chi connectivity index (χ2v) is 5.28. The van der Waals surface area contributed by atoms with Crippen molar-refractivity contribution in [3.63, 3.8) is 0 Å². The van der Waals surface area contributed by atoms with Gasteiger partial charge in [0.15, 0.2) is 0 Å². The van der Waals surface area contributed by atoms with Gasteiger partial charge in [0.05, 0.1) is 12.9 Å². The van der Waals surface area contributed by atoms with Crippen molar-refractivity contribution in [2.45, 2.75) is 26.3 Å². The van der Waals surface area contributed by atoms with E-state index < -0.39 is 0 Å². The highest BCUT2D eigenvalue weighted by Crippen LogP contribution is 2.28. The zero-order valence-corrected chi connectivity index (χ0v) is 12.8. The van der Waals surface area contributed by atoms with Crippen LogP contribution in [0, 0.1) is 5.41 Å². The van der Waals surface area contributed by atoms with Crippen molar-refractivity contribution < 1.29 is 4.74 Å². The highest BCUT2D eigenvalue weighted by Gasteiger charge is 2.15. The van der Waals surface area contributed by atoms with Crippen molar-refractivity contribution >= 4 is 22.4 Å². The predicted octanol–water partition coefficient (Wildman–Crippen LogP) is 2.78. The summed E-state index contributed by atoms with van der Waals surface area (Å²) >= 11 is 0. The van der Waals surface area contributed by atoms with E-state index >= 15 is 0 Å². The third kappa shape index (κ3) is 3.42. The third-order valence-electron chi connectivity index (χ3n) is 3.47. The Kier molecular flexibility index (Phi) is 4.62. The average Bonchev–Trinajstić information content (AvgIpc) is 2.46. The molecule has 0 atom stereocenters. The molecule has 0 fully saturated rings. The molecule has 0 amide bonds. The lowest BCUT2D eigenvalue weighted by atomic mass is 10.1. The maximum atomic E-state index is 7.42. The largest absolute Gasteiger partial charge is 0.497 e. The fraction of sp³-hybridized carbons (Fsp3) is 0.375. The van der Waals surface area contributed by atoms with E-state index in [-0.39, 0.29) is 11.9 Å². The van der Waals surface area contributed by atoms with Crippen LogP contribution in [-0.2, 0) is 0 Å². The molecule has 1 aromatic heterocycles. The average molecular weight is 286 g/mol. The molecule has 1 aromatic carbocycles. The Hall–Kier alpha value is -2.30. The second kappa shape index (κ2) is 6.43.